The van der Waals surface area contributed by atoms with Crippen molar-refractivity contribution >= 4 is 29.3 Å². The van der Waals surface area contributed by atoms with Crippen molar-refractivity contribution in [1.82, 2.24) is 0 Å². The molecule has 1 fully saturated rings. The van der Waals surface area contributed by atoms with Gasteiger partial charge in [-0.2, -0.15) is 0 Å². The molecule has 0 spiro atoms. The zero-order chi connectivity index (χ0) is 23.5. The van der Waals surface area contributed by atoms with Gasteiger partial charge >= 0.3 is 11.9 Å². The van der Waals surface area contributed by atoms with E-state index < -0.39 is 40.8 Å². The number of carbonyl (C=O) groups excluding carboxylic acids is 3. The number of ketones is 1. The van der Waals surface area contributed by atoms with E-state index in [9.17, 15) is 14.4 Å². The summed E-state index contributed by atoms with van der Waals surface area (Å²) in [5, 5.41) is 0.513. The molecule has 0 N–H and O–H groups in total. The van der Waals surface area contributed by atoms with E-state index >= 15 is 0 Å². The maximum absolute atomic E-state index is 13.9. The molecule has 6 nitrogen and oxygen atoms in total. The molecular formula is C25H27ClO6. The standard InChI is InChI=1S/C25H27ClO6/c1-5-30-22(28)25(23(29)31-6-2)19(20(27)16-10-8-7-9-11-16)21(32-24(25,3)4)17-12-14-18(26)15-13-17/h7-15,19,21H,5-6H2,1-4H3/t19-,21-/m1/s1. The summed E-state index contributed by atoms with van der Waals surface area (Å²) in [6.45, 7) is 6.58. The van der Waals surface area contributed by atoms with Gasteiger partial charge < -0.3 is 14.2 Å². The van der Waals surface area contributed by atoms with E-state index in [2.05, 4.69) is 0 Å². The van der Waals surface area contributed by atoms with Gasteiger partial charge in [-0.25, -0.2) is 0 Å². The van der Waals surface area contributed by atoms with Crippen molar-refractivity contribution in [2.45, 2.75) is 39.4 Å². The molecule has 0 aromatic heterocycles. The quantitative estimate of drug-likeness (QED) is 0.337. The molecule has 170 valence electrons. The van der Waals surface area contributed by atoms with Gasteiger partial charge in [0.25, 0.3) is 0 Å². The Kier molecular flexibility index (Phi) is 7.06. The largest absolute Gasteiger partial charge is 0.465 e. The number of hydrogen-bond donors (Lipinski definition) is 0. The highest BCUT2D eigenvalue weighted by atomic mass is 35.5. The number of halogens is 1. The van der Waals surface area contributed by atoms with Crippen molar-refractivity contribution in [2.24, 2.45) is 11.3 Å². The lowest BCUT2D eigenvalue weighted by molar-refractivity contribution is -0.185. The van der Waals surface area contributed by atoms with Crippen LogP contribution in [0, 0.1) is 11.3 Å². The van der Waals surface area contributed by atoms with Crippen LogP contribution in [0.5, 0.6) is 0 Å². The molecule has 32 heavy (non-hydrogen) atoms. The Balaban J connectivity index is 2.29. The van der Waals surface area contributed by atoms with Crippen molar-refractivity contribution in [2.75, 3.05) is 13.2 Å². The molecule has 1 aliphatic rings. The lowest BCUT2D eigenvalue weighted by atomic mass is 9.63. The highest BCUT2D eigenvalue weighted by Crippen LogP contribution is 2.58. The van der Waals surface area contributed by atoms with Crippen LogP contribution >= 0.6 is 11.6 Å². The summed E-state index contributed by atoms with van der Waals surface area (Å²) in [6, 6.07) is 15.3. The number of Topliss-reactive ketones (excluding diaryl/α,β-unsaturated/α-hetero) is 1. The van der Waals surface area contributed by atoms with Crippen LogP contribution in [0.3, 0.4) is 0 Å². The average Bonchev–Trinajstić information content (AvgIpc) is 3.02. The van der Waals surface area contributed by atoms with Crippen LogP contribution in [-0.2, 0) is 23.8 Å². The van der Waals surface area contributed by atoms with E-state index in [4.69, 9.17) is 25.8 Å². The van der Waals surface area contributed by atoms with Crippen molar-refractivity contribution in [3.63, 3.8) is 0 Å². The first-order valence-corrected chi connectivity index (χ1v) is 11.0. The summed E-state index contributed by atoms with van der Waals surface area (Å²) < 4.78 is 17.0. The molecular weight excluding hydrogens is 432 g/mol. The monoisotopic (exact) mass is 458 g/mol. The summed E-state index contributed by atoms with van der Waals surface area (Å²) in [5.74, 6) is -3.29. The number of carbonyl (C=O) groups is 3. The van der Waals surface area contributed by atoms with Crippen molar-refractivity contribution in [3.05, 3.63) is 70.7 Å². The van der Waals surface area contributed by atoms with Gasteiger partial charge in [-0.3, -0.25) is 14.4 Å². The van der Waals surface area contributed by atoms with Gasteiger partial charge in [-0.05, 0) is 45.4 Å². The molecule has 0 unspecified atom stereocenters. The highest BCUT2D eigenvalue weighted by Gasteiger charge is 2.74. The lowest BCUT2D eigenvalue weighted by Crippen LogP contribution is -2.58. The molecule has 0 radical (unpaired) electrons. The molecule has 1 saturated heterocycles. The van der Waals surface area contributed by atoms with E-state index in [0.717, 1.165) is 0 Å². The minimum absolute atomic E-state index is 0.0356. The third-order valence-electron chi connectivity index (χ3n) is 5.87. The van der Waals surface area contributed by atoms with Crippen molar-refractivity contribution in [1.29, 1.82) is 0 Å². The third-order valence-corrected chi connectivity index (χ3v) is 6.13. The Morgan fingerprint density at radius 3 is 1.94 bits per heavy atom. The predicted molar refractivity (Wildman–Crippen MR) is 119 cm³/mol. The summed E-state index contributed by atoms with van der Waals surface area (Å²) in [5.41, 5.74) is -2.43. The second-order valence-electron chi connectivity index (χ2n) is 8.06. The van der Waals surface area contributed by atoms with Crippen LogP contribution in [0.25, 0.3) is 0 Å². The number of hydrogen-bond acceptors (Lipinski definition) is 6. The van der Waals surface area contributed by atoms with Gasteiger partial charge in [0.1, 0.15) is 0 Å². The SMILES string of the molecule is CCOC(=O)C1(C(=O)OCC)[C@H](C(=O)c2ccccc2)[C@@H](c2ccc(Cl)cc2)OC1(C)C. The van der Waals surface area contributed by atoms with Crippen LogP contribution in [0.1, 0.15) is 49.7 Å². The molecule has 2 aromatic carbocycles. The molecule has 0 saturated carbocycles. The first kappa shape index (κ1) is 24.0. The molecule has 7 heteroatoms. The van der Waals surface area contributed by atoms with Crippen LogP contribution in [-0.4, -0.2) is 36.5 Å². The van der Waals surface area contributed by atoms with Gasteiger partial charge in [0, 0.05) is 10.6 Å². The van der Waals surface area contributed by atoms with Gasteiger partial charge in [0.15, 0.2) is 5.78 Å². The molecule has 0 amide bonds. The summed E-state index contributed by atoms with van der Waals surface area (Å²) in [6.07, 6.45) is -0.899. The predicted octanol–water partition coefficient (Wildman–Crippen LogP) is 4.80. The maximum atomic E-state index is 13.9. The van der Waals surface area contributed by atoms with E-state index in [0.29, 0.717) is 16.1 Å². The second kappa shape index (κ2) is 9.43. The molecule has 0 bridgehead atoms. The summed E-state index contributed by atoms with van der Waals surface area (Å²) in [4.78, 5) is 40.9. The molecule has 3 rings (SSSR count). The van der Waals surface area contributed by atoms with Crippen LogP contribution < -0.4 is 0 Å². The number of esters is 2. The minimum atomic E-state index is -2.00. The lowest BCUT2D eigenvalue weighted by Gasteiger charge is -2.37. The van der Waals surface area contributed by atoms with Crippen molar-refractivity contribution in [3.8, 4) is 0 Å². The zero-order valence-corrected chi connectivity index (χ0v) is 19.3. The smallest absolute Gasteiger partial charge is 0.327 e. The Labute approximate surface area is 192 Å². The molecule has 1 aliphatic heterocycles. The van der Waals surface area contributed by atoms with E-state index in [1.165, 1.54) is 0 Å². The van der Waals surface area contributed by atoms with Gasteiger partial charge in [0.2, 0.25) is 5.41 Å². The number of benzene rings is 2. The topological polar surface area (TPSA) is 78.9 Å². The molecule has 1 heterocycles. The van der Waals surface area contributed by atoms with Crippen LogP contribution in [0.2, 0.25) is 5.02 Å². The van der Waals surface area contributed by atoms with Gasteiger partial charge in [-0.15, -0.1) is 0 Å². The van der Waals surface area contributed by atoms with E-state index in [1.54, 1.807) is 82.3 Å². The van der Waals surface area contributed by atoms with Crippen LogP contribution in [0.15, 0.2) is 54.6 Å². The summed E-state index contributed by atoms with van der Waals surface area (Å²) in [7, 11) is 0. The van der Waals surface area contributed by atoms with Gasteiger partial charge in [0.05, 0.1) is 30.8 Å². The second-order valence-corrected chi connectivity index (χ2v) is 8.49. The average molecular weight is 459 g/mol. The van der Waals surface area contributed by atoms with Gasteiger partial charge in [-0.1, -0.05) is 54.1 Å². The number of rotatable bonds is 7. The molecule has 2 atom stereocenters. The first-order valence-electron chi connectivity index (χ1n) is 10.6. The van der Waals surface area contributed by atoms with Crippen LogP contribution in [0.4, 0.5) is 0 Å². The Bertz CT molecular complexity index is 965. The fourth-order valence-corrected chi connectivity index (χ4v) is 4.55. The fraction of sp³-hybridized carbons (Fsp3) is 0.400. The van der Waals surface area contributed by atoms with E-state index in [-0.39, 0.29) is 13.2 Å². The Morgan fingerprint density at radius 2 is 1.44 bits per heavy atom. The zero-order valence-electron chi connectivity index (χ0n) is 18.6. The Morgan fingerprint density at radius 1 is 0.906 bits per heavy atom. The maximum Gasteiger partial charge on any atom is 0.327 e. The Hall–Kier alpha value is -2.70. The fourth-order valence-electron chi connectivity index (χ4n) is 4.43. The van der Waals surface area contributed by atoms with Crippen molar-refractivity contribution < 1.29 is 28.6 Å². The number of ether oxygens (including phenoxy) is 3. The van der Waals surface area contributed by atoms with E-state index in [1.807, 2.05) is 0 Å². The third kappa shape index (κ3) is 3.93. The normalized spacial score (nSPS) is 21.0. The minimum Gasteiger partial charge on any atom is -0.465 e. The molecule has 2 aromatic rings. The summed E-state index contributed by atoms with van der Waals surface area (Å²) >= 11 is 6.05. The first-order chi connectivity index (χ1) is 15.2. The molecule has 0 aliphatic carbocycles. The highest BCUT2D eigenvalue weighted by molar-refractivity contribution is 6.30.